The number of ether oxygens (including phenoxy) is 1. The van der Waals surface area contributed by atoms with E-state index in [0.29, 0.717) is 13.2 Å². The maximum absolute atomic E-state index is 12.8. The van der Waals surface area contributed by atoms with Crippen molar-refractivity contribution < 1.29 is 13.9 Å². The van der Waals surface area contributed by atoms with Gasteiger partial charge in [0.25, 0.3) is 0 Å². The molecule has 2 amide bonds. The van der Waals surface area contributed by atoms with E-state index in [2.05, 4.69) is 17.4 Å². The fourth-order valence-electron chi connectivity index (χ4n) is 3.84. The fourth-order valence-corrected chi connectivity index (χ4v) is 3.84. The molecule has 2 heterocycles. The Morgan fingerprint density at radius 3 is 3.12 bits per heavy atom. The lowest BCUT2D eigenvalue weighted by atomic mass is 9.93. The van der Waals surface area contributed by atoms with Gasteiger partial charge in [-0.15, -0.1) is 0 Å². The fraction of sp³-hybridized carbons (Fsp3) is 0.450. The van der Waals surface area contributed by atoms with Gasteiger partial charge in [-0.3, -0.25) is 0 Å². The molecule has 1 aromatic heterocycles. The number of hydrogen-bond donors (Lipinski definition) is 1. The van der Waals surface area contributed by atoms with Crippen LogP contribution in [-0.2, 0) is 19.4 Å². The number of benzene rings is 1. The monoisotopic (exact) mass is 340 g/mol. The van der Waals surface area contributed by atoms with E-state index >= 15 is 0 Å². The Hall–Kier alpha value is -2.43. The van der Waals surface area contributed by atoms with Crippen molar-refractivity contribution in [2.45, 2.75) is 45.2 Å². The topological polar surface area (TPSA) is 54.7 Å². The number of carbonyl (C=O) groups excluding carboxylic acids is 1. The van der Waals surface area contributed by atoms with E-state index in [1.807, 2.05) is 24.0 Å². The molecular formula is C20H24N2O3. The molecule has 1 atom stereocenters. The minimum atomic E-state index is 0.00603. The summed E-state index contributed by atoms with van der Waals surface area (Å²) < 4.78 is 11.1. The molecule has 0 radical (unpaired) electrons. The third-order valence-electron chi connectivity index (χ3n) is 5.14. The Labute approximate surface area is 148 Å². The van der Waals surface area contributed by atoms with E-state index in [1.54, 1.807) is 6.26 Å². The van der Waals surface area contributed by atoms with Gasteiger partial charge in [0.05, 0.1) is 18.9 Å². The lowest BCUT2D eigenvalue weighted by Gasteiger charge is -2.32. The predicted octanol–water partition coefficient (Wildman–Crippen LogP) is 3.82. The molecule has 1 aliphatic heterocycles. The van der Waals surface area contributed by atoms with Gasteiger partial charge < -0.3 is 19.4 Å². The Morgan fingerprint density at radius 2 is 2.24 bits per heavy atom. The smallest absolute Gasteiger partial charge is 0.318 e. The predicted molar refractivity (Wildman–Crippen MR) is 94.6 cm³/mol. The lowest BCUT2D eigenvalue weighted by Crippen LogP contribution is -2.44. The molecule has 4 rings (SSSR count). The van der Waals surface area contributed by atoms with Gasteiger partial charge in [0, 0.05) is 25.1 Å². The standard InChI is InChI=1S/C20H24N2O3/c1-2-24-16-7-6-14-8-10-22(13-15(14)12-16)20(23)21-18-4-3-5-19-17(18)9-11-25-19/h6-7,9,11-12,18H,2-5,8,10,13H2,1H3,(H,21,23). The van der Waals surface area contributed by atoms with Crippen molar-refractivity contribution in [1.82, 2.24) is 10.2 Å². The molecule has 25 heavy (non-hydrogen) atoms. The second kappa shape index (κ2) is 6.82. The summed E-state index contributed by atoms with van der Waals surface area (Å²) in [5.74, 6) is 1.89. The minimum Gasteiger partial charge on any atom is -0.494 e. The van der Waals surface area contributed by atoms with Gasteiger partial charge in [-0.25, -0.2) is 4.79 Å². The molecule has 5 nitrogen and oxygen atoms in total. The molecule has 2 aromatic rings. The Kier molecular flexibility index (Phi) is 4.38. The van der Waals surface area contributed by atoms with Crippen LogP contribution >= 0.6 is 0 Å². The lowest BCUT2D eigenvalue weighted by molar-refractivity contribution is 0.186. The van der Waals surface area contributed by atoms with Crippen LogP contribution in [0.4, 0.5) is 4.79 Å². The Morgan fingerprint density at radius 1 is 1.32 bits per heavy atom. The number of aryl methyl sites for hydroxylation is 1. The van der Waals surface area contributed by atoms with Crippen molar-refractivity contribution in [2.75, 3.05) is 13.2 Å². The number of nitrogens with zero attached hydrogens (tertiary/aromatic N) is 1. The highest BCUT2D eigenvalue weighted by Gasteiger charge is 2.27. The number of urea groups is 1. The van der Waals surface area contributed by atoms with Gasteiger partial charge in [0.2, 0.25) is 0 Å². The van der Waals surface area contributed by atoms with E-state index in [0.717, 1.165) is 49.3 Å². The minimum absolute atomic E-state index is 0.00603. The first-order valence-electron chi connectivity index (χ1n) is 9.11. The van der Waals surface area contributed by atoms with Crippen LogP contribution in [-0.4, -0.2) is 24.1 Å². The maximum Gasteiger partial charge on any atom is 0.318 e. The molecule has 5 heteroatoms. The molecule has 0 bridgehead atoms. The van der Waals surface area contributed by atoms with Crippen molar-refractivity contribution in [3.05, 3.63) is 53.0 Å². The van der Waals surface area contributed by atoms with E-state index in [4.69, 9.17) is 9.15 Å². The number of nitrogens with one attached hydrogen (secondary N) is 1. The maximum atomic E-state index is 12.8. The van der Waals surface area contributed by atoms with Gasteiger partial charge in [0.15, 0.2) is 0 Å². The Bertz CT molecular complexity index is 768. The van der Waals surface area contributed by atoms with Gasteiger partial charge in [-0.1, -0.05) is 6.07 Å². The van der Waals surface area contributed by atoms with Crippen molar-refractivity contribution in [3.63, 3.8) is 0 Å². The molecule has 1 N–H and O–H groups in total. The van der Waals surface area contributed by atoms with Crippen molar-refractivity contribution >= 4 is 6.03 Å². The molecule has 2 aliphatic rings. The zero-order valence-electron chi connectivity index (χ0n) is 14.6. The number of amides is 2. The van der Waals surface area contributed by atoms with Crippen LogP contribution in [0.2, 0.25) is 0 Å². The number of fused-ring (bicyclic) bond motifs is 2. The largest absolute Gasteiger partial charge is 0.494 e. The zero-order valence-corrected chi connectivity index (χ0v) is 14.6. The highest BCUT2D eigenvalue weighted by Crippen LogP contribution is 2.31. The van der Waals surface area contributed by atoms with Crippen LogP contribution in [0.15, 0.2) is 34.9 Å². The third-order valence-corrected chi connectivity index (χ3v) is 5.14. The van der Waals surface area contributed by atoms with Gasteiger partial charge in [-0.2, -0.15) is 0 Å². The first-order chi connectivity index (χ1) is 12.2. The summed E-state index contributed by atoms with van der Waals surface area (Å²) >= 11 is 0. The summed E-state index contributed by atoms with van der Waals surface area (Å²) in [6.07, 6.45) is 5.59. The van der Waals surface area contributed by atoms with Gasteiger partial charge in [-0.05, 0) is 55.5 Å². The first kappa shape index (κ1) is 16.1. The second-order valence-electron chi connectivity index (χ2n) is 6.73. The van der Waals surface area contributed by atoms with Crippen LogP contribution in [0.5, 0.6) is 5.75 Å². The van der Waals surface area contributed by atoms with Crippen molar-refractivity contribution in [2.24, 2.45) is 0 Å². The molecule has 1 aliphatic carbocycles. The van der Waals surface area contributed by atoms with Gasteiger partial charge in [0.1, 0.15) is 11.5 Å². The number of carbonyl (C=O) groups is 1. The summed E-state index contributed by atoms with van der Waals surface area (Å²) in [5, 5.41) is 3.20. The number of furan rings is 1. The summed E-state index contributed by atoms with van der Waals surface area (Å²) in [6, 6.07) is 8.25. The highest BCUT2D eigenvalue weighted by atomic mass is 16.5. The summed E-state index contributed by atoms with van der Waals surface area (Å²) in [5.41, 5.74) is 3.62. The average molecular weight is 340 g/mol. The van der Waals surface area contributed by atoms with Crippen molar-refractivity contribution in [1.29, 1.82) is 0 Å². The normalized spacial score (nSPS) is 19.1. The van der Waals surface area contributed by atoms with Crippen LogP contribution in [0.1, 0.15) is 48.3 Å². The molecule has 132 valence electrons. The third kappa shape index (κ3) is 3.23. The zero-order chi connectivity index (χ0) is 17.2. The molecule has 1 unspecified atom stereocenters. The van der Waals surface area contributed by atoms with Gasteiger partial charge >= 0.3 is 6.03 Å². The SMILES string of the molecule is CCOc1ccc2c(c1)CN(C(=O)NC1CCCc3occc31)CC2. The molecule has 1 aromatic carbocycles. The molecule has 0 spiro atoms. The average Bonchev–Trinajstić information content (AvgIpc) is 3.11. The van der Waals surface area contributed by atoms with E-state index in [-0.39, 0.29) is 12.1 Å². The van der Waals surface area contributed by atoms with Crippen LogP contribution in [0.25, 0.3) is 0 Å². The first-order valence-corrected chi connectivity index (χ1v) is 9.11. The van der Waals surface area contributed by atoms with E-state index < -0.39 is 0 Å². The van der Waals surface area contributed by atoms with Crippen LogP contribution in [0.3, 0.4) is 0 Å². The highest BCUT2D eigenvalue weighted by molar-refractivity contribution is 5.75. The number of rotatable bonds is 3. The van der Waals surface area contributed by atoms with E-state index in [9.17, 15) is 4.79 Å². The summed E-state index contributed by atoms with van der Waals surface area (Å²) in [6.45, 7) is 4.01. The Balaban J connectivity index is 1.45. The quantitative estimate of drug-likeness (QED) is 0.924. The van der Waals surface area contributed by atoms with Crippen molar-refractivity contribution in [3.8, 4) is 5.75 Å². The summed E-state index contributed by atoms with van der Waals surface area (Å²) in [4.78, 5) is 14.7. The molecule has 0 fully saturated rings. The summed E-state index contributed by atoms with van der Waals surface area (Å²) in [7, 11) is 0. The van der Waals surface area contributed by atoms with Crippen LogP contribution in [0, 0.1) is 0 Å². The van der Waals surface area contributed by atoms with Crippen LogP contribution < -0.4 is 10.1 Å². The second-order valence-corrected chi connectivity index (χ2v) is 6.73. The van der Waals surface area contributed by atoms with E-state index in [1.165, 1.54) is 11.1 Å². The molecule has 0 saturated carbocycles. The number of hydrogen-bond acceptors (Lipinski definition) is 3. The molecule has 0 saturated heterocycles. The molecular weight excluding hydrogens is 316 g/mol.